The Kier molecular flexibility index (Phi) is 3.42. The van der Waals surface area contributed by atoms with Crippen LogP contribution in [-0.4, -0.2) is 23.2 Å². The Bertz CT molecular complexity index is 1130. The molecule has 0 aliphatic heterocycles. The van der Waals surface area contributed by atoms with E-state index >= 15 is 0 Å². The number of fused-ring (bicyclic) bond motifs is 2. The Hall–Kier alpha value is -3.34. The van der Waals surface area contributed by atoms with E-state index in [1.165, 1.54) is 0 Å². The second kappa shape index (κ2) is 5.63. The molecule has 124 valence electrons. The van der Waals surface area contributed by atoms with Crippen LogP contribution in [0.3, 0.4) is 0 Å². The molecule has 4 aromatic rings. The first-order valence-electron chi connectivity index (χ1n) is 7.78. The van der Waals surface area contributed by atoms with E-state index in [1.807, 2.05) is 43.3 Å². The predicted octanol–water partition coefficient (Wildman–Crippen LogP) is 4.66. The van der Waals surface area contributed by atoms with Crippen LogP contribution >= 0.6 is 0 Å². The van der Waals surface area contributed by atoms with Crippen molar-refractivity contribution in [3.63, 3.8) is 0 Å². The third-order valence-corrected chi connectivity index (χ3v) is 4.25. The summed E-state index contributed by atoms with van der Waals surface area (Å²) in [7, 11) is 1.61. The van der Waals surface area contributed by atoms with Crippen LogP contribution in [0.5, 0.6) is 5.75 Å². The molecule has 0 atom stereocenters. The van der Waals surface area contributed by atoms with Crippen molar-refractivity contribution in [3.05, 3.63) is 59.7 Å². The minimum atomic E-state index is -0.989. The standard InChI is InChI=1S/C20H15NO4/c1-11-4-3-5-14-15(20(22)23)10-16(21-19(11)14)18-9-12-8-13(24-2)6-7-17(12)25-18/h3-10H,1-2H3,(H,22,23). The molecule has 5 nitrogen and oxygen atoms in total. The normalized spacial score (nSPS) is 11.1. The number of carboxylic acids is 1. The molecular weight excluding hydrogens is 318 g/mol. The summed E-state index contributed by atoms with van der Waals surface area (Å²) in [5.74, 6) is 0.265. The Morgan fingerprint density at radius 3 is 2.76 bits per heavy atom. The number of methoxy groups -OCH3 is 1. The summed E-state index contributed by atoms with van der Waals surface area (Å²) in [6.07, 6.45) is 0. The fraction of sp³-hybridized carbons (Fsp3) is 0.100. The lowest BCUT2D eigenvalue weighted by Gasteiger charge is -2.07. The molecule has 0 amide bonds. The second-order valence-corrected chi connectivity index (χ2v) is 5.85. The second-order valence-electron chi connectivity index (χ2n) is 5.85. The summed E-state index contributed by atoms with van der Waals surface area (Å²) < 4.78 is 11.1. The number of aromatic carboxylic acids is 1. The molecule has 0 fully saturated rings. The Morgan fingerprint density at radius 2 is 2.00 bits per heavy atom. The fourth-order valence-electron chi connectivity index (χ4n) is 2.97. The number of rotatable bonds is 3. The van der Waals surface area contributed by atoms with Gasteiger partial charge in [0.1, 0.15) is 17.0 Å². The molecule has 0 radical (unpaired) electrons. The molecule has 0 spiro atoms. The zero-order valence-corrected chi connectivity index (χ0v) is 13.7. The van der Waals surface area contributed by atoms with Crippen LogP contribution in [-0.2, 0) is 0 Å². The van der Waals surface area contributed by atoms with Gasteiger partial charge in [0, 0.05) is 10.8 Å². The van der Waals surface area contributed by atoms with Crippen molar-refractivity contribution in [1.82, 2.24) is 4.98 Å². The van der Waals surface area contributed by atoms with Gasteiger partial charge >= 0.3 is 5.97 Å². The number of aryl methyl sites for hydroxylation is 1. The van der Waals surface area contributed by atoms with Gasteiger partial charge in [-0.05, 0) is 42.8 Å². The molecule has 0 aliphatic carbocycles. The summed E-state index contributed by atoms with van der Waals surface area (Å²) in [4.78, 5) is 16.3. The van der Waals surface area contributed by atoms with Crippen molar-refractivity contribution in [3.8, 4) is 17.2 Å². The van der Waals surface area contributed by atoms with Crippen molar-refractivity contribution >= 4 is 27.8 Å². The number of ether oxygens (including phenoxy) is 1. The van der Waals surface area contributed by atoms with Gasteiger partial charge in [-0.2, -0.15) is 0 Å². The molecule has 1 N–H and O–H groups in total. The monoisotopic (exact) mass is 333 g/mol. The zero-order chi connectivity index (χ0) is 17.6. The highest BCUT2D eigenvalue weighted by atomic mass is 16.5. The number of furan rings is 1. The smallest absolute Gasteiger partial charge is 0.336 e. The summed E-state index contributed by atoms with van der Waals surface area (Å²) >= 11 is 0. The summed E-state index contributed by atoms with van der Waals surface area (Å²) in [6, 6.07) is 14.4. The summed E-state index contributed by atoms with van der Waals surface area (Å²) in [5.41, 5.74) is 2.98. The molecule has 4 rings (SSSR count). The van der Waals surface area contributed by atoms with Gasteiger partial charge in [0.2, 0.25) is 0 Å². The molecule has 2 aromatic heterocycles. The Balaban J connectivity index is 1.97. The highest BCUT2D eigenvalue weighted by Crippen LogP contribution is 2.32. The first-order chi connectivity index (χ1) is 12.1. The molecule has 5 heteroatoms. The van der Waals surface area contributed by atoms with Gasteiger partial charge < -0.3 is 14.3 Å². The van der Waals surface area contributed by atoms with Crippen LogP contribution in [0.25, 0.3) is 33.3 Å². The third kappa shape index (κ3) is 2.50. The van der Waals surface area contributed by atoms with E-state index in [1.54, 1.807) is 19.2 Å². The lowest BCUT2D eigenvalue weighted by molar-refractivity contribution is 0.0699. The Labute approximate surface area is 143 Å². The molecule has 0 unspecified atom stereocenters. The largest absolute Gasteiger partial charge is 0.497 e. The summed E-state index contributed by atoms with van der Waals surface area (Å²) in [5, 5.41) is 11.1. The van der Waals surface area contributed by atoms with Crippen LogP contribution < -0.4 is 4.74 Å². The van der Waals surface area contributed by atoms with Crippen molar-refractivity contribution in [2.24, 2.45) is 0 Å². The molecule has 0 bridgehead atoms. The number of para-hydroxylation sites is 1. The van der Waals surface area contributed by atoms with Gasteiger partial charge in [-0.3, -0.25) is 0 Å². The number of carbonyl (C=O) groups is 1. The number of carboxylic acid groups (broad SMARTS) is 1. The molecule has 25 heavy (non-hydrogen) atoms. The average Bonchev–Trinajstić information content (AvgIpc) is 3.04. The lowest BCUT2D eigenvalue weighted by atomic mass is 10.0. The number of aromatic nitrogens is 1. The van der Waals surface area contributed by atoms with Crippen LogP contribution in [0.15, 0.2) is 52.9 Å². The third-order valence-electron chi connectivity index (χ3n) is 4.25. The van der Waals surface area contributed by atoms with Crippen LogP contribution in [0, 0.1) is 6.92 Å². The molecule has 0 saturated carbocycles. The van der Waals surface area contributed by atoms with Crippen molar-refractivity contribution in [2.75, 3.05) is 7.11 Å². The lowest BCUT2D eigenvalue weighted by Crippen LogP contribution is -2.00. The SMILES string of the molecule is COc1ccc2oc(-c3cc(C(=O)O)c4cccc(C)c4n3)cc2c1. The van der Waals surface area contributed by atoms with E-state index < -0.39 is 5.97 Å². The first kappa shape index (κ1) is 15.2. The minimum absolute atomic E-state index is 0.210. The molecule has 0 saturated heterocycles. The Morgan fingerprint density at radius 1 is 1.16 bits per heavy atom. The van der Waals surface area contributed by atoms with Gasteiger partial charge in [-0.25, -0.2) is 9.78 Å². The minimum Gasteiger partial charge on any atom is -0.497 e. The quantitative estimate of drug-likeness (QED) is 0.590. The maximum Gasteiger partial charge on any atom is 0.336 e. The van der Waals surface area contributed by atoms with Gasteiger partial charge in [-0.1, -0.05) is 18.2 Å². The molecule has 2 aromatic carbocycles. The van der Waals surface area contributed by atoms with Gasteiger partial charge in [0.25, 0.3) is 0 Å². The maximum atomic E-state index is 11.7. The van der Waals surface area contributed by atoms with E-state index in [9.17, 15) is 9.90 Å². The summed E-state index contributed by atoms with van der Waals surface area (Å²) in [6.45, 7) is 1.91. The van der Waals surface area contributed by atoms with E-state index in [4.69, 9.17) is 9.15 Å². The van der Waals surface area contributed by atoms with Gasteiger partial charge in [-0.15, -0.1) is 0 Å². The topological polar surface area (TPSA) is 72.6 Å². The molecule has 0 aliphatic rings. The van der Waals surface area contributed by atoms with Gasteiger partial charge in [0.05, 0.1) is 18.2 Å². The van der Waals surface area contributed by atoms with E-state index in [0.717, 1.165) is 16.7 Å². The first-order valence-corrected chi connectivity index (χ1v) is 7.78. The molecule has 2 heterocycles. The highest BCUT2D eigenvalue weighted by molar-refractivity contribution is 6.04. The predicted molar refractivity (Wildman–Crippen MR) is 95.2 cm³/mol. The zero-order valence-electron chi connectivity index (χ0n) is 13.7. The number of pyridine rings is 1. The highest BCUT2D eigenvalue weighted by Gasteiger charge is 2.16. The van der Waals surface area contributed by atoms with E-state index in [-0.39, 0.29) is 5.56 Å². The van der Waals surface area contributed by atoms with Gasteiger partial charge in [0.15, 0.2) is 5.76 Å². The van der Waals surface area contributed by atoms with Crippen molar-refractivity contribution in [2.45, 2.75) is 6.92 Å². The van der Waals surface area contributed by atoms with Crippen LogP contribution in [0.2, 0.25) is 0 Å². The van der Waals surface area contributed by atoms with Crippen LogP contribution in [0.1, 0.15) is 15.9 Å². The molecular formula is C20H15NO4. The van der Waals surface area contributed by atoms with E-state index in [0.29, 0.717) is 27.9 Å². The number of nitrogens with zero attached hydrogens (tertiary/aromatic N) is 1. The number of hydrogen-bond donors (Lipinski definition) is 1. The van der Waals surface area contributed by atoms with Crippen molar-refractivity contribution in [1.29, 1.82) is 0 Å². The van der Waals surface area contributed by atoms with E-state index in [2.05, 4.69) is 4.98 Å². The average molecular weight is 333 g/mol. The maximum absolute atomic E-state index is 11.7. The van der Waals surface area contributed by atoms with Crippen molar-refractivity contribution < 1.29 is 19.1 Å². The fourth-order valence-corrected chi connectivity index (χ4v) is 2.97. The van der Waals surface area contributed by atoms with Crippen LogP contribution in [0.4, 0.5) is 0 Å². The number of benzene rings is 2. The number of hydrogen-bond acceptors (Lipinski definition) is 4.